The zero-order valence-electron chi connectivity index (χ0n) is 11.5. The lowest BCUT2D eigenvalue weighted by molar-refractivity contribution is 0.233. The summed E-state index contributed by atoms with van der Waals surface area (Å²) < 4.78 is 3.39. The van der Waals surface area contributed by atoms with Crippen molar-refractivity contribution >= 4 is 15.9 Å². The van der Waals surface area contributed by atoms with Crippen LogP contribution >= 0.6 is 15.9 Å². The maximum atomic E-state index is 4.49. The molecule has 0 spiro atoms. The van der Waals surface area contributed by atoms with Crippen molar-refractivity contribution in [2.75, 3.05) is 13.1 Å². The molecule has 1 aliphatic rings. The number of aromatic nitrogens is 2. The fraction of sp³-hybridized carbons (Fsp3) is 0.786. The molecular weight excluding hydrogens is 290 g/mol. The molecule has 2 rings (SSSR count). The lowest BCUT2D eigenvalue weighted by Crippen LogP contribution is -2.35. The van der Waals surface area contributed by atoms with E-state index in [1.54, 1.807) is 0 Å². The first-order valence-corrected chi connectivity index (χ1v) is 7.99. The number of aryl methyl sites for hydroxylation is 1. The van der Waals surface area contributed by atoms with Gasteiger partial charge in [-0.2, -0.15) is 5.10 Å². The van der Waals surface area contributed by atoms with Crippen LogP contribution in [0.1, 0.15) is 51.1 Å². The van der Waals surface area contributed by atoms with E-state index in [9.17, 15) is 0 Å². The molecule has 1 saturated carbocycles. The molecule has 4 heteroatoms. The molecule has 0 aromatic carbocycles. The Balaban J connectivity index is 2.00. The first kappa shape index (κ1) is 14.1. The second kappa shape index (κ2) is 6.71. The highest BCUT2D eigenvalue weighted by Gasteiger charge is 2.35. The molecule has 1 aliphatic carbocycles. The second-order valence-electron chi connectivity index (χ2n) is 5.25. The molecule has 2 atom stereocenters. The van der Waals surface area contributed by atoms with Crippen LogP contribution in [0.3, 0.4) is 0 Å². The van der Waals surface area contributed by atoms with Gasteiger partial charge >= 0.3 is 0 Å². The van der Waals surface area contributed by atoms with E-state index in [1.807, 2.05) is 6.20 Å². The normalized spacial score (nSPS) is 23.1. The molecule has 0 bridgehead atoms. The Hall–Kier alpha value is -0.350. The summed E-state index contributed by atoms with van der Waals surface area (Å²) in [5.41, 5.74) is 1.42. The van der Waals surface area contributed by atoms with Gasteiger partial charge in [-0.25, -0.2) is 0 Å². The quantitative estimate of drug-likeness (QED) is 0.780. The van der Waals surface area contributed by atoms with E-state index in [0.29, 0.717) is 5.92 Å². The standard InChI is InChI=1S/C14H24BrN3/c1-3-7-16-9-11-5-6-12(11)14-13(15)10-17-18(14)8-4-2/h10-12,16H,3-9H2,1-2H3. The molecule has 1 aromatic rings. The minimum absolute atomic E-state index is 0.692. The molecule has 0 aliphatic heterocycles. The third-order valence-electron chi connectivity index (χ3n) is 3.87. The predicted octanol–water partition coefficient (Wildman–Crippen LogP) is 3.55. The molecule has 1 heterocycles. The van der Waals surface area contributed by atoms with E-state index in [0.717, 1.165) is 32.0 Å². The Bertz CT molecular complexity index is 375. The van der Waals surface area contributed by atoms with Crippen LogP contribution in [0, 0.1) is 5.92 Å². The second-order valence-corrected chi connectivity index (χ2v) is 6.10. The number of hydrogen-bond acceptors (Lipinski definition) is 2. The van der Waals surface area contributed by atoms with Crippen LogP contribution in [0.4, 0.5) is 0 Å². The molecule has 0 saturated heterocycles. The summed E-state index contributed by atoms with van der Waals surface area (Å²) in [6.07, 6.45) is 6.99. The van der Waals surface area contributed by atoms with Crippen LogP contribution in [0.2, 0.25) is 0 Å². The lowest BCUT2D eigenvalue weighted by atomic mass is 9.71. The number of nitrogens with one attached hydrogen (secondary N) is 1. The topological polar surface area (TPSA) is 29.9 Å². The summed E-state index contributed by atoms with van der Waals surface area (Å²) in [4.78, 5) is 0. The minimum atomic E-state index is 0.692. The van der Waals surface area contributed by atoms with Crippen LogP contribution in [0.25, 0.3) is 0 Å². The van der Waals surface area contributed by atoms with Crippen molar-refractivity contribution in [2.24, 2.45) is 5.92 Å². The summed E-state index contributed by atoms with van der Waals surface area (Å²) in [7, 11) is 0. The average molecular weight is 314 g/mol. The molecular formula is C14H24BrN3. The van der Waals surface area contributed by atoms with Gasteiger partial charge < -0.3 is 5.32 Å². The van der Waals surface area contributed by atoms with Gasteiger partial charge in [0.2, 0.25) is 0 Å². The summed E-state index contributed by atoms with van der Waals surface area (Å²) in [6.45, 7) is 7.76. The maximum absolute atomic E-state index is 4.49. The summed E-state index contributed by atoms with van der Waals surface area (Å²) in [6, 6.07) is 0. The largest absolute Gasteiger partial charge is 0.316 e. The molecule has 2 unspecified atom stereocenters. The molecule has 1 aromatic heterocycles. The Kier molecular flexibility index (Phi) is 5.25. The van der Waals surface area contributed by atoms with E-state index in [2.05, 4.69) is 44.9 Å². The highest BCUT2D eigenvalue weighted by Crippen LogP contribution is 2.44. The van der Waals surface area contributed by atoms with Gasteiger partial charge in [-0.05, 0) is 60.6 Å². The van der Waals surface area contributed by atoms with Crippen molar-refractivity contribution in [3.63, 3.8) is 0 Å². The number of hydrogen-bond donors (Lipinski definition) is 1. The van der Waals surface area contributed by atoms with E-state index >= 15 is 0 Å². The van der Waals surface area contributed by atoms with Gasteiger partial charge in [0.05, 0.1) is 16.4 Å². The predicted molar refractivity (Wildman–Crippen MR) is 78.8 cm³/mol. The molecule has 1 fully saturated rings. The third-order valence-corrected chi connectivity index (χ3v) is 4.48. The van der Waals surface area contributed by atoms with E-state index < -0.39 is 0 Å². The van der Waals surface area contributed by atoms with Gasteiger partial charge in [-0.3, -0.25) is 4.68 Å². The molecule has 0 radical (unpaired) electrons. The number of rotatable bonds is 7. The average Bonchev–Trinajstić information content (AvgIpc) is 2.67. The Labute approximate surface area is 118 Å². The highest BCUT2D eigenvalue weighted by molar-refractivity contribution is 9.10. The molecule has 3 nitrogen and oxygen atoms in total. The van der Waals surface area contributed by atoms with Gasteiger partial charge in [0.15, 0.2) is 0 Å². The van der Waals surface area contributed by atoms with Gasteiger partial charge in [0.25, 0.3) is 0 Å². The zero-order valence-corrected chi connectivity index (χ0v) is 13.0. The summed E-state index contributed by atoms with van der Waals surface area (Å²) in [5.74, 6) is 1.48. The minimum Gasteiger partial charge on any atom is -0.316 e. The van der Waals surface area contributed by atoms with Crippen molar-refractivity contribution in [3.05, 3.63) is 16.4 Å². The van der Waals surface area contributed by atoms with E-state index in [1.165, 1.54) is 29.4 Å². The van der Waals surface area contributed by atoms with Crippen LogP contribution in [0.5, 0.6) is 0 Å². The highest BCUT2D eigenvalue weighted by atomic mass is 79.9. The fourth-order valence-corrected chi connectivity index (χ4v) is 3.36. The third kappa shape index (κ3) is 2.97. The number of nitrogens with zero attached hydrogens (tertiary/aromatic N) is 2. The first-order valence-electron chi connectivity index (χ1n) is 7.19. The molecule has 1 N–H and O–H groups in total. The molecule has 0 amide bonds. The van der Waals surface area contributed by atoms with Crippen LogP contribution in [-0.4, -0.2) is 22.9 Å². The number of halogens is 1. The Morgan fingerprint density at radius 2 is 2.22 bits per heavy atom. The van der Waals surface area contributed by atoms with Crippen molar-refractivity contribution in [1.82, 2.24) is 15.1 Å². The van der Waals surface area contributed by atoms with Gasteiger partial charge in [-0.1, -0.05) is 13.8 Å². The van der Waals surface area contributed by atoms with E-state index in [4.69, 9.17) is 0 Å². The van der Waals surface area contributed by atoms with E-state index in [-0.39, 0.29) is 0 Å². The zero-order chi connectivity index (χ0) is 13.0. The monoisotopic (exact) mass is 313 g/mol. The first-order chi connectivity index (χ1) is 8.77. The molecule has 102 valence electrons. The van der Waals surface area contributed by atoms with Crippen molar-refractivity contribution in [3.8, 4) is 0 Å². The van der Waals surface area contributed by atoms with Crippen LogP contribution in [-0.2, 0) is 6.54 Å². The van der Waals surface area contributed by atoms with Gasteiger partial charge in [-0.15, -0.1) is 0 Å². The summed E-state index contributed by atoms with van der Waals surface area (Å²) >= 11 is 3.67. The Morgan fingerprint density at radius 1 is 1.39 bits per heavy atom. The van der Waals surface area contributed by atoms with Crippen molar-refractivity contribution < 1.29 is 0 Å². The van der Waals surface area contributed by atoms with Crippen molar-refractivity contribution in [2.45, 2.75) is 52.0 Å². The van der Waals surface area contributed by atoms with Gasteiger partial charge in [0, 0.05) is 12.5 Å². The maximum Gasteiger partial charge on any atom is 0.0635 e. The smallest absolute Gasteiger partial charge is 0.0635 e. The van der Waals surface area contributed by atoms with Gasteiger partial charge in [0.1, 0.15) is 0 Å². The SMILES string of the molecule is CCCNCC1CCC1c1c(Br)cnn1CCC. The summed E-state index contributed by atoms with van der Waals surface area (Å²) in [5, 5.41) is 8.04. The molecule has 18 heavy (non-hydrogen) atoms. The van der Waals surface area contributed by atoms with Crippen molar-refractivity contribution in [1.29, 1.82) is 0 Å². The lowest BCUT2D eigenvalue weighted by Gasteiger charge is -2.37. The fourth-order valence-electron chi connectivity index (χ4n) is 2.77. The van der Waals surface area contributed by atoms with Crippen LogP contribution < -0.4 is 5.32 Å². The Morgan fingerprint density at radius 3 is 2.83 bits per heavy atom. The van der Waals surface area contributed by atoms with Crippen LogP contribution in [0.15, 0.2) is 10.7 Å².